The van der Waals surface area contributed by atoms with Crippen molar-refractivity contribution in [1.82, 2.24) is 0 Å². The molecule has 2 rings (SSSR count). The zero-order chi connectivity index (χ0) is 9.42. The number of rotatable bonds is 1. The van der Waals surface area contributed by atoms with Gasteiger partial charge >= 0.3 is 0 Å². The number of halogens is 1. The molecular weight excluding hydrogens is 244 g/mol. The minimum absolute atomic E-state index is 1.12. The molecule has 13 heavy (non-hydrogen) atoms. The number of benzene rings is 1. The van der Waals surface area contributed by atoms with Crippen molar-refractivity contribution in [3.8, 4) is 0 Å². The molecule has 1 aromatic carbocycles. The Morgan fingerprint density at radius 1 is 1.38 bits per heavy atom. The first-order chi connectivity index (χ1) is 6.22. The van der Waals surface area contributed by atoms with Crippen LogP contribution < -0.4 is 0 Å². The van der Waals surface area contributed by atoms with Crippen LogP contribution in [-0.2, 0) is 6.42 Å². The van der Waals surface area contributed by atoms with Gasteiger partial charge in [0.05, 0.1) is 3.79 Å². The summed E-state index contributed by atoms with van der Waals surface area (Å²) in [4.78, 5) is 0. The van der Waals surface area contributed by atoms with E-state index in [4.69, 9.17) is 0 Å². The number of fused-ring (bicyclic) bond motifs is 1. The van der Waals surface area contributed by atoms with Gasteiger partial charge in [0.15, 0.2) is 0 Å². The lowest BCUT2D eigenvalue weighted by Crippen LogP contribution is -1.84. The van der Waals surface area contributed by atoms with Gasteiger partial charge < -0.3 is 0 Å². The van der Waals surface area contributed by atoms with E-state index in [0.29, 0.717) is 0 Å². The highest BCUT2D eigenvalue weighted by Crippen LogP contribution is 2.33. The summed E-state index contributed by atoms with van der Waals surface area (Å²) in [5.41, 5.74) is 2.90. The van der Waals surface area contributed by atoms with Crippen molar-refractivity contribution in [2.45, 2.75) is 20.3 Å². The summed E-state index contributed by atoms with van der Waals surface area (Å²) in [7, 11) is 0. The van der Waals surface area contributed by atoms with Crippen molar-refractivity contribution in [3.05, 3.63) is 33.1 Å². The Labute approximate surface area is 90.7 Å². The molecule has 0 N–H and O–H groups in total. The molecule has 2 heteroatoms. The average Bonchev–Trinajstić information content (AvgIpc) is 2.47. The lowest BCUT2D eigenvalue weighted by molar-refractivity contribution is 1.12. The van der Waals surface area contributed by atoms with E-state index in [-0.39, 0.29) is 0 Å². The zero-order valence-electron chi connectivity index (χ0n) is 7.73. The van der Waals surface area contributed by atoms with Gasteiger partial charge in [-0.3, -0.25) is 0 Å². The fraction of sp³-hybridized carbons (Fsp3) is 0.273. The number of aryl methyl sites for hydroxylation is 2. The van der Waals surface area contributed by atoms with Gasteiger partial charge in [0.1, 0.15) is 0 Å². The van der Waals surface area contributed by atoms with E-state index in [2.05, 4.69) is 48.0 Å². The Morgan fingerprint density at radius 2 is 2.15 bits per heavy atom. The second-order valence-electron chi connectivity index (χ2n) is 3.17. The van der Waals surface area contributed by atoms with Gasteiger partial charge in [-0.15, -0.1) is 11.3 Å². The number of hydrogen-bond acceptors (Lipinski definition) is 1. The molecule has 0 saturated carbocycles. The molecule has 0 aliphatic heterocycles. The van der Waals surface area contributed by atoms with Crippen LogP contribution in [0.3, 0.4) is 0 Å². The first-order valence-corrected chi connectivity index (χ1v) is 6.01. The quantitative estimate of drug-likeness (QED) is 0.702. The molecule has 1 heterocycles. The second kappa shape index (κ2) is 3.43. The largest absolute Gasteiger partial charge is 0.128 e. The summed E-state index contributed by atoms with van der Waals surface area (Å²) >= 11 is 5.35. The van der Waals surface area contributed by atoms with Crippen molar-refractivity contribution in [2.75, 3.05) is 0 Å². The third-order valence-corrected chi connectivity index (χ3v) is 4.17. The predicted molar refractivity (Wildman–Crippen MR) is 63.6 cm³/mol. The van der Waals surface area contributed by atoms with E-state index >= 15 is 0 Å². The summed E-state index contributed by atoms with van der Waals surface area (Å²) in [6, 6.07) is 6.63. The first-order valence-electron chi connectivity index (χ1n) is 4.40. The maximum atomic E-state index is 3.52. The van der Waals surface area contributed by atoms with Gasteiger partial charge in [-0.1, -0.05) is 19.1 Å². The van der Waals surface area contributed by atoms with Crippen molar-refractivity contribution >= 4 is 37.4 Å². The average molecular weight is 255 g/mol. The molecule has 0 aliphatic carbocycles. The second-order valence-corrected chi connectivity index (χ2v) is 5.60. The van der Waals surface area contributed by atoms with Crippen LogP contribution in [-0.4, -0.2) is 0 Å². The first kappa shape index (κ1) is 9.22. The SMILES string of the molecule is CCc1ccc2cc(Br)sc2c1C. The molecule has 0 unspecified atom stereocenters. The fourth-order valence-corrected chi connectivity index (χ4v) is 3.28. The van der Waals surface area contributed by atoms with Crippen molar-refractivity contribution in [3.63, 3.8) is 0 Å². The van der Waals surface area contributed by atoms with Crippen LogP contribution in [0, 0.1) is 6.92 Å². The third kappa shape index (κ3) is 1.53. The lowest BCUT2D eigenvalue weighted by Gasteiger charge is -2.02. The van der Waals surface area contributed by atoms with E-state index in [0.717, 1.165) is 6.42 Å². The summed E-state index contributed by atoms with van der Waals surface area (Å²) in [6.45, 7) is 4.42. The smallest absolute Gasteiger partial charge is 0.0711 e. The highest BCUT2D eigenvalue weighted by atomic mass is 79.9. The molecule has 1 aromatic heterocycles. The third-order valence-electron chi connectivity index (χ3n) is 2.40. The van der Waals surface area contributed by atoms with Crippen LogP contribution >= 0.6 is 27.3 Å². The highest BCUT2D eigenvalue weighted by molar-refractivity contribution is 9.11. The number of thiophene rings is 1. The highest BCUT2D eigenvalue weighted by Gasteiger charge is 2.04. The minimum Gasteiger partial charge on any atom is -0.128 e. The Bertz CT molecular complexity index is 443. The Hall–Kier alpha value is -0.340. The normalized spacial score (nSPS) is 11.0. The molecule has 0 amide bonds. The molecule has 0 spiro atoms. The lowest BCUT2D eigenvalue weighted by atomic mass is 10.1. The maximum absolute atomic E-state index is 3.52. The molecule has 68 valence electrons. The van der Waals surface area contributed by atoms with Crippen LogP contribution in [0.25, 0.3) is 10.1 Å². The molecule has 0 saturated heterocycles. The van der Waals surface area contributed by atoms with Crippen molar-refractivity contribution in [2.24, 2.45) is 0 Å². The fourth-order valence-electron chi connectivity index (χ4n) is 1.63. The molecular formula is C11H11BrS. The molecule has 0 atom stereocenters. The minimum atomic E-state index is 1.12. The number of hydrogen-bond donors (Lipinski definition) is 0. The predicted octanol–water partition coefficient (Wildman–Crippen LogP) is 4.53. The van der Waals surface area contributed by atoms with Crippen LogP contribution in [0.2, 0.25) is 0 Å². The van der Waals surface area contributed by atoms with E-state index in [1.165, 1.54) is 25.0 Å². The molecule has 0 nitrogen and oxygen atoms in total. The van der Waals surface area contributed by atoms with Crippen molar-refractivity contribution < 1.29 is 0 Å². The van der Waals surface area contributed by atoms with Gasteiger partial charge in [-0.05, 0) is 51.9 Å². The van der Waals surface area contributed by atoms with Crippen LogP contribution in [0.5, 0.6) is 0 Å². The Kier molecular flexibility index (Phi) is 2.43. The molecule has 0 aliphatic rings. The van der Waals surface area contributed by atoms with Gasteiger partial charge in [0, 0.05) is 4.70 Å². The van der Waals surface area contributed by atoms with E-state index < -0.39 is 0 Å². The summed E-state index contributed by atoms with van der Waals surface area (Å²) in [5, 5.41) is 1.35. The topological polar surface area (TPSA) is 0 Å². The molecule has 0 fully saturated rings. The monoisotopic (exact) mass is 254 g/mol. The molecule has 0 bridgehead atoms. The van der Waals surface area contributed by atoms with Gasteiger partial charge in [0.25, 0.3) is 0 Å². The van der Waals surface area contributed by atoms with Crippen molar-refractivity contribution in [1.29, 1.82) is 0 Å². The summed E-state index contributed by atoms with van der Waals surface area (Å²) < 4.78 is 2.64. The van der Waals surface area contributed by atoms with Crippen LogP contribution in [0.4, 0.5) is 0 Å². The standard InChI is InChI=1S/C11H11BrS/c1-3-8-4-5-9-6-10(12)13-11(9)7(8)2/h4-6H,3H2,1-2H3. The summed E-state index contributed by atoms with van der Waals surface area (Å²) in [6.07, 6.45) is 1.12. The maximum Gasteiger partial charge on any atom is 0.0711 e. The molecule has 0 radical (unpaired) electrons. The van der Waals surface area contributed by atoms with Gasteiger partial charge in [-0.2, -0.15) is 0 Å². The van der Waals surface area contributed by atoms with Crippen LogP contribution in [0.15, 0.2) is 22.0 Å². The van der Waals surface area contributed by atoms with E-state index in [1.807, 2.05) is 11.3 Å². The zero-order valence-corrected chi connectivity index (χ0v) is 10.1. The Balaban J connectivity index is 2.78. The van der Waals surface area contributed by atoms with Gasteiger partial charge in [0.2, 0.25) is 0 Å². The van der Waals surface area contributed by atoms with Crippen LogP contribution in [0.1, 0.15) is 18.1 Å². The van der Waals surface area contributed by atoms with Gasteiger partial charge in [-0.25, -0.2) is 0 Å². The molecule has 2 aromatic rings. The summed E-state index contributed by atoms with van der Waals surface area (Å²) in [5.74, 6) is 0. The van der Waals surface area contributed by atoms with E-state index in [9.17, 15) is 0 Å². The Morgan fingerprint density at radius 3 is 2.85 bits per heavy atom. The van der Waals surface area contributed by atoms with E-state index in [1.54, 1.807) is 0 Å².